The zero-order chi connectivity index (χ0) is 12.6. The van der Waals surface area contributed by atoms with Gasteiger partial charge in [-0.2, -0.15) is 0 Å². The first-order chi connectivity index (χ1) is 7.68. The van der Waals surface area contributed by atoms with E-state index in [2.05, 4.69) is 25.8 Å². The number of hydrogen-bond acceptors (Lipinski definition) is 2. The largest absolute Gasteiger partial charge is 0.344 e. The molecule has 1 saturated carbocycles. The van der Waals surface area contributed by atoms with Gasteiger partial charge in [0.1, 0.15) is 5.82 Å². The summed E-state index contributed by atoms with van der Waals surface area (Å²) in [6.07, 6.45) is 2.54. The number of H-pyrrole nitrogens is 1. The van der Waals surface area contributed by atoms with Gasteiger partial charge in [0.05, 0.1) is 11.2 Å². The summed E-state index contributed by atoms with van der Waals surface area (Å²) < 4.78 is 0. The van der Waals surface area contributed by atoms with Crippen LogP contribution in [0.15, 0.2) is 0 Å². The van der Waals surface area contributed by atoms with Gasteiger partial charge in [-0.1, -0.05) is 20.8 Å². The van der Waals surface area contributed by atoms with Crippen LogP contribution in [0.5, 0.6) is 0 Å². The van der Waals surface area contributed by atoms with Gasteiger partial charge < -0.3 is 10.7 Å². The molecule has 3 N–H and O–H groups in total. The lowest BCUT2D eigenvalue weighted by atomic mass is 9.70. The number of hydrogen-bond donors (Lipinski definition) is 2. The molecule has 0 spiro atoms. The average Bonchev–Trinajstić information content (AvgIpc) is 2.73. The number of aromatic nitrogens is 2. The second-order valence-corrected chi connectivity index (χ2v) is 7.21. The lowest BCUT2D eigenvalue weighted by molar-refractivity contribution is 0.224. The van der Waals surface area contributed by atoms with Gasteiger partial charge in [0.2, 0.25) is 0 Å². The smallest absolute Gasteiger partial charge is 0.126 e. The van der Waals surface area contributed by atoms with Crippen molar-refractivity contribution in [3.8, 4) is 0 Å². The Hall–Kier alpha value is -0.830. The van der Waals surface area contributed by atoms with Gasteiger partial charge in [-0.3, -0.25) is 0 Å². The van der Waals surface area contributed by atoms with E-state index in [1.807, 2.05) is 13.8 Å². The highest BCUT2D eigenvalue weighted by atomic mass is 15.0. The van der Waals surface area contributed by atoms with Gasteiger partial charge in [-0.15, -0.1) is 0 Å². The van der Waals surface area contributed by atoms with E-state index in [1.165, 1.54) is 24.2 Å². The fourth-order valence-corrected chi connectivity index (χ4v) is 3.79. The van der Waals surface area contributed by atoms with Crippen LogP contribution in [-0.4, -0.2) is 9.97 Å². The van der Waals surface area contributed by atoms with Gasteiger partial charge in [0.15, 0.2) is 0 Å². The van der Waals surface area contributed by atoms with Crippen LogP contribution in [0.3, 0.4) is 0 Å². The van der Waals surface area contributed by atoms with Crippen molar-refractivity contribution in [3.05, 3.63) is 17.2 Å². The van der Waals surface area contributed by atoms with Crippen molar-refractivity contribution < 1.29 is 0 Å². The van der Waals surface area contributed by atoms with Gasteiger partial charge in [0, 0.05) is 17.0 Å². The molecule has 1 aromatic rings. The number of nitrogens with one attached hydrogen (secondary N) is 1. The predicted octanol–water partition coefficient (Wildman–Crippen LogP) is 2.78. The monoisotopic (exact) mass is 233 g/mol. The molecule has 1 heterocycles. The van der Waals surface area contributed by atoms with Crippen molar-refractivity contribution in [1.29, 1.82) is 0 Å². The highest BCUT2D eigenvalue weighted by molar-refractivity contribution is 5.43. The highest BCUT2D eigenvalue weighted by Crippen LogP contribution is 2.67. The third-order valence-corrected chi connectivity index (χ3v) is 5.44. The number of aromatic amines is 1. The first-order valence-corrected chi connectivity index (χ1v) is 6.58. The number of fused-ring (bicyclic) bond motifs is 5. The molecule has 0 aromatic carbocycles. The quantitative estimate of drug-likeness (QED) is 0.783. The fraction of sp³-hybridized carbons (Fsp3) is 0.786. The van der Waals surface area contributed by atoms with Crippen molar-refractivity contribution in [2.75, 3.05) is 0 Å². The van der Waals surface area contributed by atoms with E-state index in [-0.39, 0.29) is 11.0 Å². The molecule has 0 amide bonds. The molecule has 1 aromatic heterocycles. The molecule has 1 fully saturated rings. The lowest BCUT2D eigenvalue weighted by Gasteiger charge is -2.34. The summed E-state index contributed by atoms with van der Waals surface area (Å²) in [6.45, 7) is 11.2. The van der Waals surface area contributed by atoms with Crippen molar-refractivity contribution in [3.63, 3.8) is 0 Å². The Bertz CT molecular complexity index is 478. The molecule has 2 unspecified atom stereocenters. The molecule has 0 saturated heterocycles. The van der Waals surface area contributed by atoms with E-state index >= 15 is 0 Å². The number of imidazole rings is 1. The molecule has 0 radical (unpaired) electrons. The summed E-state index contributed by atoms with van der Waals surface area (Å²) in [5.74, 6) is 1.57. The van der Waals surface area contributed by atoms with Gasteiger partial charge in [0.25, 0.3) is 0 Å². The number of rotatable bonds is 1. The van der Waals surface area contributed by atoms with Crippen LogP contribution in [0.1, 0.15) is 70.6 Å². The second kappa shape index (κ2) is 2.77. The normalized spacial score (nSPS) is 34.1. The lowest BCUT2D eigenvalue weighted by Crippen LogP contribution is -2.34. The van der Waals surface area contributed by atoms with Crippen LogP contribution in [0, 0.1) is 5.41 Å². The summed E-state index contributed by atoms with van der Waals surface area (Å²) in [4.78, 5) is 8.34. The minimum atomic E-state index is -0.371. The van der Waals surface area contributed by atoms with E-state index < -0.39 is 0 Å². The summed E-state index contributed by atoms with van der Waals surface area (Å²) in [5, 5.41) is 0. The van der Waals surface area contributed by atoms with Crippen molar-refractivity contribution in [2.24, 2.45) is 11.1 Å². The zero-order valence-corrected chi connectivity index (χ0v) is 11.5. The maximum Gasteiger partial charge on any atom is 0.126 e. The van der Waals surface area contributed by atoms with E-state index in [1.54, 1.807) is 0 Å². The molecule has 2 bridgehead atoms. The summed E-state index contributed by atoms with van der Waals surface area (Å²) in [7, 11) is 0. The Morgan fingerprint density at radius 3 is 2.53 bits per heavy atom. The maximum absolute atomic E-state index is 6.15. The van der Waals surface area contributed by atoms with Crippen molar-refractivity contribution >= 4 is 0 Å². The van der Waals surface area contributed by atoms with Crippen molar-refractivity contribution in [1.82, 2.24) is 9.97 Å². The van der Waals surface area contributed by atoms with E-state index in [0.29, 0.717) is 11.3 Å². The third kappa shape index (κ3) is 1.13. The molecule has 2 aliphatic carbocycles. The Labute approximate surface area is 103 Å². The molecular weight excluding hydrogens is 210 g/mol. The first-order valence-electron chi connectivity index (χ1n) is 6.58. The minimum absolute atomic E-state index is 0.229. The van der Waals surface area contributed by atoms with E-state index in [9.17, 15) is 0 Å². The molecule has 0 aliphatic heterocycles. The van der Waals surface area contributed by atoms with E-state index in [4.69, 9.17) is 10.7 Å². The molecule has 17 heavy (non-hydrogen) atoms. The molecule has 3 heteroatoms. The Morgan fingerprint density at radius 1 is 1.35 bits per heavy atom. The molecule has 2 aliphatic rings. The Balaban J connectivity index is 2.17. The molecule has 3 nitrogen and oxygen atoms in total. The van der Waals surface area contributed by atoms with Crippen LogP contribution in [0.4, 0.5) is 0 Å². The molecular formula is C14H23N3. The average molecular weight is 233 g/mol. The second-order valence-electron chi connectivity index (χ2n) is 7.21. The van der Waals surface area contributed by atoms with E-state index in [0.717, 1.165) is 5.82 Å². The SMILES string of the molecule is CC(C)(N)c1nc2c([nH]1)C1CCC2(C)C1(C)C. The third-order valence-electron chi connectivity index (χ3n) is 5.44. The van der Waals surface area contributed by atoms with Crippen LogP contribution in [0.25, 0.3) is 0 Å². The number of nitrogens with zero attached hydrogens (tertiary/aromatic N) is 1. The summed E-state index contributed by atoms with van der Waals surface area (Å²) in [6, 6.07) is 0. The maximum atomic E-state index is 6.15. The number of nitrogens with two attached hydrogens (primary N) is 1. The highest BCUT2D eigenvalue weighted by Gasteiger charge is 2.61. The van der Waals surface area contributed by atoms with Gasteiger partial charge >= 0.3 is 0 Å². The standard InChI is InChI=1S/C14H23N3/c1-12(2)8-6-7-14(12,5)10-9(8)16-11(17-10)13(3,4)15/h8H,6-7,15H2,1-5H3,(H,16,17). The zero-order valence-electron chi connectivity index (χ0n) is 11.5. The van der Waals surface area contributed by atoms with Crippen LogP contribution < -0.4 is 5.73 Å². The topological polar surface area (TPSA) is 54.7 Å². The van der Waals surface area contributed by atoms with Gasteiger partial charge in [-0.25, -0.2) is 4.98 Å². The fourth-order valence-electron chi connectivity index (χ4n) is 3.79. The first kappa shape index (κ1) is 11.3. The van der Waals surface area contributed by atoms with Gasteiger partial charge in [-0.05, 0) is 32.1 Å². The Morgan fingerprint density at radius 2 is 2.00 bits per heavy atom. The molecule has 3 rings (SSSR count). The minimum Gasteiger partial charge on any atom is -0.344 e. The predicted molar refractivity (Wildman–Crippen MR) is 68.9 cm³/mol. The molecule has 94 valence electrons. The van der Waals surface area contributed by atoms with Crippen molar-refractivity contribution in [2.45, 2.75) is 64.3 Å². The van der Waals surface area contributed by atoms with Crippen LogP contribution >= 0.6 is 0 Å². The molecule has 2 atom stereocenters. The summed E-state index contributed by atoms with van der Waals surface area (Å²) in [5.41, 5.74) is 8.98. The summed E-state index contributed by atoms with van der Waals surface area (Å²) >= 11 is 0. The van der Waals surface area contributed by atoms with Crippen LogP contribution in [-0.2, 0) is 11.0 Å². The van der Waals surface area contributed by atoms with Crippen LogP contribution in [0.2, 0.25) is 0 Å². The Kier molecular flexibility index (Phi) is 1.84.